The zero-order chi connectivity index (χ0) is 15.6. The lowest BCUT2D eigenvalue weighted by Gasteiger charge is -2.24. The van der Waals surface area contributed by atoms with Crippen LogP contribution in [0, 0.1) is 0 Å². The molecule has 0 radical (unpaired) electrons. The molecule has 0 aromatic heterocycles. The van der Waals surface area contributed by atoms with Crippen LogP contribution in [0.15, 0.2) is 12.1 Å². The molecule has 2 rings (SSSR count). The predicted octanol–water partition coefficient (Wildman–Crippen LogP) is 2.83. The molecule has 0 aliphatic heterocycles. The van der Waals surface area contributed by atoms with Gasteiger partial charge < -0.3 is 15.3 Å². The highest BCUT2D eigenvalue weighted by molar-refractivity contribution is 6.05. The maximum Gasteiger partial charge on any atom is 0.336 e. The van der Waals surface area contributed by atoms with Crippen LogP contribution in [-0.4, -0.2) is 33.2 Å². The molecule has 1 fully saturated rings. The van der Waals surface area contributed by atoms with Gasteiger partial charge >= 0.3 is 17.9 Å². The Bertz CT molecular complexity index is 598. The van der Waals surface area contributed by atoms with Crippen molar-refractivity contribution in [2.45, 2.75) is 38.0 Å². The first-order valence-corrected chi connectivity index (χ1v) is 6.79. The van der Waals surface area contributed by atoms with Crippen LogP contribution in [-0.2, 0) is 0 Å². The van der Waals surface area contributed by atoms with Crippen molar-refractivity contribution < 1.29 is 29.7 Å². The highest BCUT2D eigenvalue weighted by Gasteiger charge is 2.28. The molecule has 3 N–H and O–H groups in total. The number of carboxylic acid groups (broad SMARTS) is 3. The van der Waals surface area contributed by atoms with E-state index in [0.717, 1.165) is 38.2 Å². The molecule has 6 nitrogen and oxygen atoms in total. The number of benzene rings is 1. The lowest BCUT2D eigenvalue weighted by Crippen LogP contribution is -2.17. The molecule has 1 saturated carbocycles. The Morgan fingerprint density at radius 2 is 1.48 bits per heavy atom. The first-order chi connectivity index (χ1) is 9.91. The number of carbonyl (C=O) groups is 3. The maximum absolute atomic E-state index is 11.5. The van der Waals surface area contributed by atoms with E-state index in [1.54, 1.807) is 0 Å². The number of hydrogen-bond acceptors (Lipinski definition) is 3. The van der Waals surface area contributed by atoms with Crippen LogP contribution in [0.3, 0.4) is 0 Å². The first-order valence-electron chi connectivity index (χ1n) is 6.79. The van der Waals surface area contributed by atoms with Gasteiger partial charge in [0.05, 0.1) is 16.7 Å². The summed E-state index contributed by atoms with van der Waals surface area (Å²) < 4.78 is 0. The Morgan fingerprint density at radius 3 is 1.95 bits per heavy atom. The van der Waals surface area contributed by atoms with Crippen LogP contribution < -0.4 is 0 Å². The molecule has 1 aliphatic carbocycles. The number of rotatable bonds is 4. The van der Waals surface area contributed by atoms with E-state index in [2.05, 4.69) is 0 Å². The Kier molecular flexibility index (Phi) is 4.26. The summed E-state index contributed by atoms with van der Waals surface area (Å²) in [5, 5.41) is 27.6. The van der Waals surface area contributed by atoms with Gasteiger partial charge in [-0.05, 0) is 36.5 Å². The van der Waals surface area contributed by atoms with E-state index < -0.39 is 23.5 Å². The molecule has 0 amide bonds. The summed E-state index contributed by atoms with van der Waals surface area (Å²) >= 11 is 0. The quantitative estimate of drug-likeness (QED) is 0.786. The number of aromatic carboxylic acids is 3. The molecule has 1 aromatic carbocycles. The van der Waals surface area contributed by atoms with Gasteiger partial charge in [0.25, 0.3) is 0 Å². The monoisotopic (exact) mass is 292 g/mol. The van der Waals surface area contributed by atoms with Crippen molar-refractivity contribution in [1.29, 1.82) is 0 Å². The zero-order valence-corrected chi connectivity index (χ0v) is 11.3. The van der Waals surface area contributed by atoms with Gasteiger partial charge in [-0.2, -0.15) is 0 Å². The van der Waals surface area contributed by atoms with Gasteiger partial charge in [0.15, 0.2) is 0 Å². The minimum atomic E-state index is -1.42. The third-order valence-corrected chi connectivity index (χ3v) is 3.91. The fourth-order valence-electron chi connectivity index (χ4n) is 2.93. The fraction of sp³-hybridized carbons (Fsp3) is 0.400. The number of carboxylic acids is 3. The molecule has 0 unspecified atom stereocenters. The molecule has 0 bridgehead atoms. The van der Waals surface area contributed by atoms with Crippen LogP contribution in [0.2, 0.25) is 0 Å². The Morgan fingerprint density at radius 1 is 0.857 bits per heavy atom. The van der Waals surface area contributed by atoms with E-state index in [-0.39, 0.29) is 17.0 Å². The van der Waals surface area contributed by atoms with Gasteiger partial charge in [0.2, 0.25) is 0 Å². The second-order valence-electron chi connectivity index (χ2n) is 5.24. The molecule has 1 aromatic rings. The lowest BCUT2D eigenvalue weighted by molar-refractivity contribution is 0.0647. The van der Waals surface area contributed by atoms with Gasteiger partial charge in [-0.25, -0.2) is 14.4 Å². The molecule has 112 valence electrons. The molecule has 1 aliphatic rings. The van der Waals surface area contributed by atoms with Gasteiger partial charge in [0, 0.05) is 0 Å². The summed E-state index contributed by atoms with van der Waals surface area (Å²) in [6, 6.07) is 2.23. The SMILES string of the molecule is O=C(O)c1cc(C(=O)O)c(C(=O)O)c(C2CCCCC2)c1. The number of hydrogen-bond donors (Lipinski definition) is 3. The van der Waals surface area contributed by atoms with Crippen molar-refractivity contribution in [3.63, 3.8) is 0 Å². The summed E-state index contributed by atoms with van der Waals surface area (Å²) in [5.74, 6) is -4.11. The van der Waals surface area contributed by atoms with Gasteiger partial charge in [-0.3, -0.25) is 0 Å². The molecule has 21 heavy (non-hydrogen) atoms. The standard InChI is InChI=1S/C15H16O6/c16-13(17)9-6-10(8-4-2-1-3-5-8)12(15(20)21)11(7-9)14(18)19/h6-8H,1-5H2,(H,16,17)(H,18,19)(H,20,21). The van der Waals surface area contributed by atoms with E-state index in [1.165, 1.54) is 6.07 Å². The molecule has 0 saturated heterocycles. The average Bonchev–Trinajstić information content (AvgIpc) is 2.46. The van der Waals surface area contributed by atoms with E-state index in [4.69, 9.17) is 5.11 Å². The summed E-state index contributed by atoms with van der Waals surface area (Å²) in [5.41, 5.74) is -0.583. The summed E-state index contributed by atoms with van der Waals surface area (Å²) in [4.78, 5) is 33.9. The van der Waals surface area contributed by atoms with Crippen LogP contribution >= 0.6 is 0 Å². The summed E-state index contributed by atoms with van der Waals surface area (Å²) in [7, 11) is 0. The maximum atomic E-state index is 11.5. The third kappa shape index (κ3) is 3.04. The Hall–Kier alpha value is -2.37. The second-order valence-corrected chi connectivity index (χ2v) is 5.24. The molecule has 0 spiro atoms. The molecular weight excluding hydrogens is 276 g/mol. The highest BCUT2D eigenvalue weighted by atomic mass is 16.4. The van der Waals surface area contributed by atoms with Crippen molar-refractivity contribution in [2.24, 2.45) is 0 Å². The fourth-order valence-corrected chi connectivity index (χ4v) is 2.93. The van der Waals surface area contributed by atoms with Crippen molar-refractivity contribution >= 4 is 17.9 Å². The summed E-state index contributed by atoms with van der Waals surface area (Å²) in [6.07, 6.45) is 4.43. The van der Waals surface area contributed by atoms with Gasteiger partial charge in [-0.15, -0.1) is 0 Å². The molecule has 0 atom stereocenters. The lowest BCUT2D eigenvalue weighted by atomic mass is 9.80. The smallest absolute Gasteiger partial charge is 0.336 e. The Labute approximate surface area is 121 Å². The molecular formula is C15H16O6. The minimum absolute atomic E-state index is 0.0951. The van der Waals surface area contributed by atoms with Gasteiger partial charge in [0.1, 0.15) is 0 Å². The molecule has 6 heteroatoms. The normalized spacial score (nSPS) is 15.6. The topological polar surface area (TPSA) is 112 Å². The highest BCUT2D eigenvalue weighted by Crippen LogP contribution is 2.36. The van der Waals surface area contributed by atoms with Crippen molar-refractivity contribution in [3.05, 3.63) is 34.4 Å². The van der Waals surface area contributed by atoms with Crippen LogP contribution in [0.25, 0.3) is 0 Å². The van der Waals surface area contributed by atoms with Gasteiger partial charge in [-0.1, -0.05) is 19.3 Å². The minimum Gasteiger partial charge on any atom is -0.478 e. The third-order valence-electron chi connectivity index (χ3n) is 3.91. The van der Waals surface area contributed by atoms with E-state index in [0.29, 0.717) is 5.56 Å². The predicted molar refractivity (Wildman–Crippen MR) is 73.1 cm³/mol. The van der Waals surface area contributed by atoms with E-state index in [1.807, 2.05) is 0 Å². The second kappa shape index (κ2) is 5.95. The van der Waals surface area contributed by atoms with Crippen LogP contribution in [0.4, 0.5) is 0 Å². The average molecular weight is 292 g/mol. The van der Waals surface area contributed by atoms with E-state index in [9.17, 15) is 24.6 Å². The van der Waals surface area contributed by atoms with E-state index >= 15 is 0 Å². The summed E-state index contributed by atoms with van der Waals surface area (Å²) in [6.45, 7) is 0. The van der Waals surface area contributed by atoms with Crippen LogP contribution in [0.1, 0.15) is 74.7 Å². The largest absolute Gasteiger partial charge is 0.478 e. The van der Waals surface area contributed by atoms with Crippen molar-refractivity contribution in [3.8, 4) is 0 Å². The van der Waals surface area contributed by atoms with Crippen LogP contribution in [0.5, 0.6) is 0 Å². The zero-order valence-electron chi connectivity index (χ0n) is 11.3. The Balaban J connectivity index is 2.66. The molecule has 0 heterocycles. The van der Waals surface area contributed by atoms with Crippen molar-refractivity contribution in [1.82, 2.24) is 0 Å². The van der Waals surface area contributed by atoms with Crippen molar-refractivity contribution in [2.75, 3.05) is 0 Å². The first kappa shape index (κ1) is 15.0.